The summed E-state index contributed by atoms with van der Waals surface area (Å²) in [6.07, 6.45) is 2.83. The molecule has 1 atom stereocenters. The lowest BCUT2D eigenvalue weighted by Crippen LogP contribution is -2.37. The van der Waals surface area contributed by atoms with Crippen molar-refractivity contribution in [2.24, 2.45) is 0 Å². The van der Waals surface area contributed by atoms with Gasteiger partial charge in [0.15, 0.2) is 0 Å². The fraction of sp³-hybridized carbons (Fsp3) is 0.444. The molecule has 3 aromatic rings. The molecule has 9 heteroatoms. The summed E-state index contributed by atoms with van der Waals surface area (Å²) in [5, 5.41) is 14.4. The Kier molecular flexibility index (Phi) is 5.72. The third-order valence-corrected chi connectivity index (χ3v) is 6.18. The van der Waals surface area contributed by atoms with Gasteiger partial charge in [-0.15, -0.1) is 21.5 Å². The molecule has 0 bridgehead atoms. The summed E-state index contributed by atoms with van der Waals surface area (Å²) in [4.78, 5) is 12.8. The van der Waals surface area contributed by atoms with E-state index in [4.69, 9.17) is 9.72 Å². The van der Waals surface area contributed by atoms with Crippen LogP contribution < -0.4 is 5.32 Å². The average molecular weight is 403 g/mol. The zero-order valence-corrected chi connectivity index (χ0v) is 17.0. The van der Waals surface area contributed by atoms with Crippen LogP contribution in [0.15, 0.2) is 24.4 Å². The number of aromatic nitrogens is 4. The SMILES string of the molecule is CCc1nnc(Nc2cccc([C@H]3CN(Cc4cnc(C)s4)CCO3)n2)s1. The molecule has 1 aliphatic rings. The highest BCUT2D eigenvalue weighted by Crippen LogP contribution is 2.25. The van der Waals surface area contributed by atoms with Crippen LogP contribution in [0.1, 0.15) is 33.6 Å². The molecule has 4 rings (SSSR count). The van der Waals surface area contributed by atoms with Crippen LogP contribution >= 0.6 is 22.7 Å². The van der Waals surface area contributed by atoms with Crippen molar-refractivity contribution >= 4 is 33.6 Å². The molecule has 0 unspecified atom stereocenters. The van der Waals surface area contributed by atoms with Crippen LogP contribution in [0.3, 0.4) is 0 Å². The molecule has 0 aliphatic carbocycles. The molecule has 1 fully saturated rings. The number of pyridine rings is 1. The Hall–Kier alpha value is -1.94. The molecule has 0 radical (unpaired) electrons. The summed E-state index contributed by atoms with van der Waals surface area (Å²) in [7, 11) is 0. The van der Waals surface area contributed by atoms with Gasteiger partial charge in [0.2, 0.25) is 5.13 Å². The molecule has 1 N–H and O–H groups in total. The van der Waals surface area contributed by atoms with Gasteiger partial charge in [0, 0.05) is 30.7 Å². The average Bonchev–Trinajstić information content (AvgIpc) is 3.31. The van der Waals surface area contributed by atoms with Crippen LogP contribution in [0.5, 0.6) is 0 Å². The number of rotatable bonds is 6. The van der Waals surface area contributed by atoms with Crippen molar-refractivity contribution in [2.75, 3.05) is 25.0 Å². The van der Waals surface area contributed by atoms with E-state index in [0.717, 1.165) is 52.7 Å². The second-order valence-electron chi connectivity index (χ2n) is 6.37. The Balaban J connectivity index is 1.42. The van der Waals surface area contributed by atoms with Gasteiger partial charge in [0.25, 0.3) is 0 Å². The van der Waals surface area contributed by atoms with Gasteiger partial charge in [-0.2, -0.15) is 0 Å². The molecule has 3 aromatic heterocycles. The second-order valence-corrected chi connectivity index (χ2v) is 8.75. The summed E-state index contributed by atoms with van der Waals surface area (Å²) in [5.74, 6) is 0.769. The van der Waals surface area contributed by atoms with E-state index in [1.807, 2.05) is 31.3 Å². The van der Waals surface area contributed by atoms with E-state index in [2.05, 4.69) is 32.3 Å². The van der Waals surface area contributed by atoms with Crippen LogP contribution in [-0.4, -0.2) is 44.8 Å². The van der Waals surface area contributed by atoms with E-state index in [-0.39, 0.29) is 6.10 Å². The minimum absolute atomic E-state index is 0.0323. The highest BCUT2D eigenvalue weighted by Gasteiger charge is 2.24. The zero-order valence-electron chi connectivity index (χ0n) is 15.4. The van der Waals surface area contributed by atoms with Gasteiger partial charge in [-0.05, 0) is 25.5 Å². The van der Waals surface area contributed by atoms with Gasteiger partial charge in [-0.3, -0.25) is 4.90 Å². The van der Waals surface area contributed by atoms with Crippen LogP contribution in [0, 0.1) is 6.92 Å². The Morgan fingerprint density at radius 1 is 1.30 bits per heavy atom. The maximum Gasteiger partial charge on any atom is 0.211 e. The van der Waals surface area contributed by atoms with Gasteiger partial charge in [0.05, 0.1) is 17.3 Å². The lowest BCUT2D eigenvalue weighted by atomic mass is 10.2. The van der Waals surface area contributed by atoms with E-state index in [0.29, 0.717) is 6.61 Å². The molecule has 0 aromatic carbocycles. The zero-order chi connectivity index (χ0) is 18.6. The van der Waals surface area contributed by atoms with Crippen molar-refractivity contribution in [2.45, 2.75) is 32.9 Å². The van der Waals surface area contributed by atoms with E-state index >= 15 is 0 Å². The number of anilines is 2. The molecular formula is C18H22N6OS2. The number of ether oxygens (including phenoxy) is 1. The molecule has 1 aliphatic heterocycles. The van der Waals surface area contributed by atoms with Gasteiger partial charge in [0.1, 0.15) is 16.9 Å². The maximum atomic E-state index is 5.99. The molecular weight excluding hydrogens is 380 g/mol. The summed E-state index contributed by atoms with van der Waals surface area (Å²) >= 11 is 3.31. The van der Waals surface area contributed by atoms with Gasteiger partial charge in [-0.1, -0.05) is 24.3 Å². The van der Waals surface area contributed by atoms with Gasteiger partial charge < -0.3 is 10.1 Å². The van der Waals surface area contributed by atoms with Crippen molar-refractivity contribution < 1.29 is 4.74 Å². The predicted molar refractivity (Wildman–Crippen MR) is 108 cm³/mol. The number of morpholine rings is 1. The monoisotopic (exact) mass is 402 g/mol. The third-order valence-electron chi connectivity index (χ3n) is 4.30. The lowest BCUT2D eigenvalue weighted by Gasteiger charge is -2.32. The van der Waals surface area contributed by atoms with Crippen LogP contribution in [0.2, 0.25) is 0 Å². The Morgan fingerprint density at radius 2 is 2.22 bits per heavy atom. The second kappa shape index (κ2) is 8.39. The van der Waals surface area contributed by atoms with Crippen molar-refractivity contribution in [1.82, 2.24) is 25.1 Å². The summed E-state index contributed by atoms with van der Waals surface area (Å²) in [6.45, 7) is 7.48. The number of hydrogen-bond acceptors (Lipinski definition) is 9. The van der Waals surface area contributed by atoms with Crippen molar-refractivity contribution in [1.29, 1.82) is 0 Å². The quantitative estimate of drug-likeness (QED) is 0.675. The highest BCUT2D eigenvalue weighted by molar-refractivity contribution is 7.15. The smallest absolute Gasteiger partial charge is 0.211 e. The predicted octanol–water partition coefficient (Wildman–Crippen LogP) is 3.58. The number of hydrogen-bond donors (Lipinski definition) is 1. The molecule has 142 valence electrons. The fourth-order valence-corrected chi connectivity index (χ4v) is 4.50. The number of thiazole rings is 1. The van der Waals surface area contributed by atoms with Crippen molar-refractivity contribution in [3.8, 4) is 0 Å². The summed E-state index contributed by atoms with van der Waals surface area (Å²) in [5.41, 5.74) is 0.936. The minimum atomic E-state index is -0.0323. The normalized spacial score (nSPS) is 17.9. The molecule has 1 saturated heterocycles. The van der Waals surface area contributed by atoms with Crippen molar-refractivity contribution in [3.63, 3.8) is 0 Å². The highest BCUT2D eigenvalue weighted by atomic mass is 32.1. The molecule has 4 heterocycles. The molecule has 0 amide bonds. The molecule has 27 heavy (non-hydrogen) atoms. The lowest BCUT2D eigenvalue weighted by molar-refractivity contribution is -0.0346. The Labute approximate surface area is 166 Å². The number of nitrogens with one attached hydrogen (secondary N) is 1. The van der Waals surface area contributed by atoms with Gasteiger partial charge >= 0.3 is 0 Å². The minimum Gasteiger partial charge on any atom is -0.369 e. The van der Waals surface area contributed by atoms with E-state index in [1.165, 1.54) is 4.88 Å². The third kappa shape index (κ3) is 4.67. The largest absolute Gasteiger partial charge is 0.369 e. The van der Waals surface area contributed by atoms with Crippen LogP contribution in [0.25, 0.3) is 0 Å². The molecule has 0 spiro atoms. The maximum absolute atomic E-state index is 5.99. The van der Waals surface area contributed by atoms with Crippen LogP contribution in [-0.2, 0) is 17.7 Å². The van der Waals surface area contributed by atoms with Gasteiger partial charge in [-0.25, -0.2) is 9.97 Å². The standard InChI is InChI=1S/C18H22N6OS2/c1-3-17-22-23-18(27-17)21-16-6-4-5-14(20-16)15-11-24(7-8-25-15)10-13-9-19-12(2)26-13/h4-6,9,15H,3,7-8,10-11H2,1-2H3,(H,20,21,23)/t15-/m1/s1. The Morgan fingerprint density at radius 3 is 3.00 bits per heavy atom. The topological polar surface area (TPSA) is 76.1 Å². The molecule has 0 saturated carbocycles. The summed E-state index contributed by atoms with van der Waals surface area (Å²) in [6, 6.07) is 5.96. The summed E-state index contributed by atoms with van der Waals surface area (Å²) < 4.78 is 5.99. The first-order valence-corrected chi connectivity index (χ1v) is 10.6. The number of nitrogens with zero attached hydrogens (tertiary/aromatic N) is 5. The van der Waals surface area contributed by atoms with E-state index in [9.17, 15) is 0 Å². The van der Waals surface area contributed by atoms with Crippen molar-refractivity contribution in [3.05, 3.63) is 45.0 Å². The number of aryl methyl sites for hydroxylation is 2. The Bertz CT molecular complexity index is 895. The molecule has 7 nitrogen and oxygen atoms in total. The first kappa shape index (κ1) is 18.4. The van der Waals surface area contributed by atoms with Crippen LogP contribution in [0.4, 0.5) is 10.9 Å². The fourth-order valence-electron chi connectivity index (χ4n) is 2.98. The first-order valence-electron chi connectivity index (χ1n) is 9.01. The first-order chi connectivity index (χ1) is 13.2. The van der Waals surface area contributed by atoms with E-state index in [1.54, 1.807) is 22.7 Å². The van der Waals surface area contributed by atoms with E-state index < -0.39 is 0 Å².